The summed E-state index contributed by atoms with van der Waals surface area (Å²) < 4.78 is 13.9. The summed E-state index contributed by atoms with van der Waals surface area (Å²) in [6.45, 7) is 0. The Labute approximate surface area is 99.2 Å². The molecular weight excluding hydrogens is 245 g/mol. The predicted octanol–water partition coefficient (Wildman–Crippen LogP) is 1.62. The van der Waals surface area contributed by atoms with Gasteiger partial charge in [-0.25, -0.2) is 13.9 Å². The molecule has 0 aliphatic carbocycles. The van der Waals surface area contributed by atoms with Gasteiger partial charge in [-0.3, -0.25) is 10.1 Å². The molecule has 0 radical (unpaired) electrons. The minimum Gasteiger partial charge on any atom is -0.476 e. The molecule has 1 aromatic carbocycles. The molecule has 2 aromatic rings. The number of hydrogen-bond donors (Lipinski definition) is 1. The average Bonchev–Trinajstić information content (AvgIpc) is 2.78. The number of aromatic nitrogens is 2. The molecule has 2 rings (SSSR count). The summed E-state index contributed by atoms with van der Waals surface area (Å²) in [5.74, 6) is -2.01. The zero-order valence-corrected chi connectivity index (χ0v) is 8.78. The van der Waals surface area contributed by atoms with Gasteiger partial charge in [-0.2, -0.15) is 5.10 Å². The number of nitro groups is 1. The number of carboxylic acid groups (broad SMARTS) is 1. The zero-order valence-electron chi connectivity index (χ0n) is 8.78. The largest absolute Gasteiger partial charge is 0.476 e. The van der Waals surface area contributed by atoms with Crippen LogP contribution in [0.25, 0.3) is 5.69 Å². The summed E-state index contributed by atoms with van der Waals surface area (Å²) in [5, 5.41) is 23.1. The van der Waals surface area contributed by atoms with E-state index in [4.69, 9.17) is 5.11 Å². The van der Waals surface area contributed by atoms with E-state index in [1.807, 2.05) is 0 Å². The second kappa shape index (κ2) is 4.24. The van der Waals surface area contributed by atoms with Gasteiger partial charge in [0.25, 0.3) is 5.69 Å². The summed E-state index contributed by atoms with van der Waals surface area (Å²) in [6.07, 6.45) is 1.25. The average molecular weight is 251 g/mol. The molecule has 18 heavy (non-hydrogen) atoms. The van der Waals surface area contributed by atoms with Gasteiger partial charge in [-0.05, 0) is 18.2 Å². The fourth-order valence-electron chi connectivity index (χ4n) is 1.41. The normalized spacial score (nSPS) is 10.3. The quantitative estimate of drug-likeness (QED) is 0.660. The Kier molecular flexibility index (Phi) is 2.76. The predicted molar refractivity (Wildman–Crippen MR) is 57.1 cm³/mol. The number of nitrogens with zero attached hydrogens (tertiary/aromatic N) is 3. The first-order valence-electron chi connectivity index (χ1n) is 4.72. The summed E-state index contributed by atoms with van der Waals surface area (Å²) in [4.78, 5) is 20.7. The molecule has 0 spiro atoms. The highest BCUT2D eigenvalue weighted by Crippen LogP contribution is 2.23. The molecule has 0 aliphatic rings. The van der Waals surface area contributed by atoms with Crippen molar-refractivity contribution in [2.75, 3.05) is 0 Å². The monoisotopic (exact) mass is 251 g/mol. The molecule has 0 bridgehead atoms. The van der Waals surface area contributed by atoms with Crippen molar-refractivity contribution < 1.29 is 19.2 Å². The molecule has 0 saturated heterocycles. The first-order valence-corrected chi connectivity index (χ1v) is 4.72. The van der Waals surface area contributed by atoms with E-state index in [0.29, 0.717) is 0 Å². The fourth-order valence-corrected chi connectivity index (χ4v) is 1.41. The van der Waals surface area contributed by atoms with E-state index in [2.05, 4.69) is 5.10 Å². The van der Waals surface area contributed by atoms with Crippen LogP contribution in [0.5, 0.6) is 0 Å². The molecule has 0 saturated carbocycles. The van der Waals surface area contributed by atoms with Crippen LogP contribution in [0, 0.1) is 15.9 Å². The van der Waals surface area contributed by atoms with E-state index >= 15 is 0 Å². The van der Waals surface area contributed by atoms with E-state index in [9.17, 15) is 19.3 Å². The number of nitro benzene ring substituents is 1. The molecule has 1 heterocycles. The third-order valence-electron chi connectivity index (χ3n) is 2.19. The van der Waals surface area contributed by atoms with E-state index in [1.54, 1.807) is 0 Å². The standard InChI is InChI=1S/C10H6FN3O4/c11-6-1-2-8(9(5-6)14(17)18)13-4-3-7(12-13)10(15)16/h1-5H,(H,15,16). The van der Waals surface area contributed by atoms with Gasteiger partial charge >= 0.3 is 5.97 Å². The second-order valence-electron chi connectivity index (χ2n) is 3.34. The van der Waals surface area contributed by atoms with Crippen molar-refractivity contribution >= 4 is 11.7 Å². The highest BCUT2D eigenvalue weighted by molar-refractivity contribution is 5.85. The Morgan fingerprint density at radius 3 is 2.72 bits per heavy atom. The van der Waals surface area contributed by atoms with Crippen LogP contribution in [-0.2, 0) is 0 Å². The van der Waals surface area contributed by atoms with E-state index in [0.717, 1.165) is 22.9 Å². The summed E-state index contributed by atoms with van der Waals surface area (Å²) in [6, 6.07) is 4.13. The van der Waals surface area contributed by atoms with Gasteiger partial charge in [0.1, 0.15) is 11.5 Å². The molecule has 0 atom stereocenters. The van der Waals surface area contributed by atoms with Crippen molar-refractivity contribution in [3.63, 3.8) is 0 Å². The smallest absolute Gasteiger partial charge is 0.356 e. The van der Waals surface area contributed by atoms with E-state index in [-0.39, 0.29) is 11.4 Å². The lowest BCUT2D eigenvalue weighted by Crippen LogP contribution is -2.04. The molecule has 1 N–H and O–H groups in total. The highest BCUT2D eigenvalue weighted by Gasteiger charge is 2.18. The van der Waals surface area contributed by atoms with Crippen LogP contribution in [-0.4, -0.2) is 25.8 Å². The van der Waals surface area contributed by atoms with Gasteiger partial charge in [0.05, 0.1) is 11.0 Å². The topological polar surface area (TPSA) is 98.3 Å². The van der Waals surface area contributed by atoms with Gasteiger partial charge < -0.3 is 5.11 Å². The highest BCUT2D eigenvalue weighted by atomic mass is 19.1. The third kappa shape index (κ3) is 2.03. The molecule has 92 valence electrons. The Bertz CT molecular complexity index is 638. The zero-order chi connectivity index (χ0) is 13.3. The van der Waals surface area contributed by atoms with Crippen LogP contribution in [0.15, 0.2) is 30.5 Å². The molecule has 8 heteroatoms. The maximum atomic E-state index is 12.9. The minimum atomic E-state index is -1.25. The summed E-state index contributed by atoms with van der Waals surface area (Å²) in [5.41, 5.74) is -0.752. The fraction of sp³-hybridized carbons (Fsp3) is 0. The molecule has 0 amide bonds. The number of carbonyl (C=O) groups is 1. The van der Waals surface area contributed by atoms with Gasteiger partial charge in [0.2, 0.25) is 0 Å². The minimum absolute atomic E-state index is 0.00565. The van der Waals surface area contributed by atoms with Crippen molar-refractivity contribution in [1.29, 1.82) is 0 Å². The van der Waals surface area contributed by atoms with Crippen molar-refractivity contribution in [2.24, 2.45) is 0 Å². The summed E-state index contributed by atoms with van der Waals surface area (Å²) >= 11 is 0. The Morgan fingerprint density at radius 1 is 1.44 bits per heavy atom. The molecule has 7 nitrogen and oxygen atoms in total. The van der Waals surface area contributed by atoms with Crippen LogP contribution < -0.4 is 0 Å². The number of hydrogen-bond acceptors (Lipinski definition) is 4. The van der Waals surface area contributed by atoms with Crippen molar-refractivity contribution in [2.45, 2.75) is 0 Å². The SMILES string of the molecule is O=C(O)c1ccn(-c2ccc(F)cc2[N+](=O)[O-])n1. The molecule has 1 aromatic heterocycles. The van der Waals surface area contributed by atoms with E-state index in [1.165, 1.54) is 12.3 Å². The van der Waals surface area contributed by atoms with Crippen molar-refractivity contribution in [3.8, 4) is 5.69 Å². The van der Waals surface area contributed by atoms with Crippen LogP contribution in [0.1, 0.15) is 10.5 Å². The first kappa shape index (κ1) is 11.7. The van der Waals surface area contributed by atoms with Gasteiger partial charge in [-0.15, -0.1) is 0 Å². The second-order valence-corrected chi connectivity index (χ2v) is 3.34. The number of halogens is 1. The molecular formula is C10H6FN3O4. The van der Waals surface area contributed by atoms with Crippen LogP contribution in [0.2, 0.25) is 0 Å². The Hall–Kier alpha value is -2.77. The van der Waals surface area contributed by atoms with Crippen LogP contribution in [0.3, 0.4) is 0 Å². The van der Waals surface area contributed by atoms with Gasteiger partial charge in [0, 0.05) is 6.20 Å². The number of carboxylic acids is 1. The van der Waals surface area contributed by atoms with E-state index < -0.39 is 22.4 Å². The van der Waals surface area contributed by atoms with Crippen molar-refractivity contribution in [3.05, 3.63) is 52.1 Å². The van der Waals surface area contributed by atoms with Crippen LogP contribution >= 0.6 is 0 Å². The summed E-state index contributed by atoms with van der Waals surface area (Å²) in [7, 11) is 0. The molecule has 0 aliphatic heterocycles. The lowest BCUT2D eigenvalue weighted by Gasteiger charge is -2.02. The Morgan fingerprint density at radius 2 is 2.17 bits per heavy atom. The molecule has 0 fully saturated rings. The van der Waals surface area contributed by atoms with Gasteiger partial charge in [-0.1, -0.05) is 0 Å². The van der Waals surface area contributed by atoms with Gasteiger partial charge in [0.15, 0.2) is 5.69 Å². The lowest BCUT2D eigenvalue weighted by atomic mass is 10.2. The third-order valence-corrected chi connectivity index (χ3v) is 2.19. The van der Waals surface area contributed by atoms with Crippen molar-refractivity contribution in [1.82, 2.24) is 9.78 Å². The Balaban J connectivity index is 2.55. The number of rotatable bonds is 3. The van der Waals surface area contributed by atoms with Crippen LogP contribution in [0.4, 0.5) is 10.1 Å². The first-order chi connectivity index (χ1) is 8.49. The molecule has 0 unspecified atom stereocenters. The maximum absolute atomic E-state index is 12.9. The maximum Gasteiger partial charge on any atom is 0.356 e. The number of aromatic carboxylic acids is 1. The lowest BCUT2D eigenvalue weighted by molar-refractivity contribution is -0.384. The number of benzene rings is 1.